The number of aromatic amines is 1. The Morgan fingerprint density at radius 2 is 2.30 bits per heavy atom. The molecule has 3 rings (SSSR count). The van der Waals surface area contributed by atoms with E-state index in [-0.39, 0.29) is 23.3 Å². The third kappa shape index (κ3) is 3.57. The Balaban J connectivity index is 1.68. The Bertz CT molecular complexity index is 640. The highest BCUT2D eigenvalue weighted by Gasteiger charge is 2.29. The number of hydrogen-bond acceptors (Lipinski definition) is 3. The van der Waals surface area contributed by atoms with Gasteiger partial charge >= 0.3 is 0 Å². The van der Waals surface area contributed by atoms with Crippen molar-refractivity contribution in [3.63, 3.8) is 0 Å². The van der Waals surface area contributed by atoms with Gasteiger partial charge in [-0.15, -0.1) is 0 Å². The van der Waals surface area contributed by atoms with Crippen LogP contribution in [0.15, 0.2) is 24.5 Å². The topological polar surface area (TPSA) is 66.8 Å². The number of aromatic nitrogens is 4. The minimum absolute atomic E-state index is 0.0614. The lowest BCUT2D eigenvalue weighted by Gasteiger charge is -2.35. The molecule has 1 atom stereocenters. The van der Waals surface area contributed by atoms with E-state index in [0.717, 1.165) is 38.3 Å². The average Bonchev–Trinajstić information content (AvgIpc) is 3.24. The van der Waals surface area contributed by atoms with Gasteiger partial charge in [0.2, 0.25) is 0 Å². The van der Waals surface area contributed by atoms with Gasteiger partial charge < -0.3 is 4.90 Å². The smallest absolute Gasteiger partial charge is 0.279 e. The zero-order valence-electron chi connectivity index (χ0n) is 12.7. The standard InChI is InChI=1S/C15H19F2N5O/c16-14(17)12-10-13(20-19-12)15(23)22-8-2-1-4-11(22)5-9-21-7-3-6-18-21/h3,6-7,10-11,14H,1-2,4-5,8-9H2,(H,19,20)/t11-/m1/s1. The molecule has 2 aromatic heterocycles. The summed E-state index contributed by atoms with van der Waals surface area (Å²) in [7, 11) is 0. The second-order valence-electron chi connectivity index (χ2n) is 5.72. The molecule has 1 N–H and O–H groups in total. The molecule has 0 aromatic carbocycles. The molecule has 0 bridgehead atoms. The summed E-state index contributed by atoms with van der Waals surface area (Å²) < 4.78 is 27.1. The van der Waals surface area contributed by atoms with Gasteiger partial charge in [-0.2, -0.15) is 10.2 Å². The van der Waals surface area contributed by atoms with Crippen LogP contribution in [0, 0.1) is 0 Å². The average molecular weight is 323 g/mol. The van der Waals surface area contributed by atoms with Crippen molar-refractivity contribution in [3.8, 4) is 0 Å². The van der Waals surface area contributed by atoms with Crippen molar-refractivity contribution in [1.82, 2.24) is 24.9 Å². The fraction of sp³-hybridized carbons (Fsp3) is 0.533. The van der Waals surface area contributed by atoms with E-state index in [1.54, 1.807) is 11.1 Å². The first-order chi connectivity index (χ1) is 11.1. The van der Waals surface area contributed by atoms with Crippen molar-refractivity contribution < 1.29 is 13.6 Å². The second-order valence-corrected chi connectivity index (χ2v) is 5.72. The highest BCUT2D eigenvalue weighted by atomic mass is 19.3. The summed E-state index contributed by atoms with van der Waals surface area (Å²) in [5.41, 5.74) is -0.260. The number of carbonyl (C=O) groups is 1. The predicted octanol–water partition coefficient (Wildman–Crippen LogP) is 2.63. The van der Waals surface area contributed by atoms with Crippen molar-refractivity contribution in [1.29, 1.82) is 0 Å². The minimum atomic E-state index is -2.65. The van der Waals surface area contributed by atoms with Gasteiger partial charge in [0.05, 0.1) is 0 Å². The SMILES string of the molecule is O=C(c1cc(C(F)F)[nH]n1)N1CCCC[C@@H]1CCn1cccn1. The zero-order valence-corrected chi connectivity index (χ0v) is 12.7. The molecule has 6 nitrogen and oxygen atoms in total. The largest absolute Gasteiger partial charge is 0.334 e. The van der Waals surface area contributed by atoms with Gasteiger partial charge in [-0.25, -0.2) is 8.78 Å². The number of alkyl halides is 2. The fourth-order valence-electron chi connectivity index (χ4n) is 2.99. The first-order valence-electron chi connectivity index (χ1n) is 7.77. The van der Waals surface area contributed by atoms with Gasteiger partial charge in [0.25, 0.3) is 12.3 Å². The number of amides is 1. The molecule has 1 aliphatic heterocycles. The van der Waals surface area contributed by atoms with E-state index in [0.29, 0.717) is 6.54 Å². The molecule has 2 aromatic rings. The molecule has 0 radical (unpaired) electrons. The molecule has 1 amide bonds. The lowest BCUT2D eigenvalue weighted by molar-refractivity contribution is 0.0588. The Kier molecular flexibility index (Phi) is 4.68. The molecule has 8 heteroatoms. The van der Waals surface area contributed by atoms with Crippen LogP contribution in [0.25, 0.3) is 0 Å². The lowest BCUT2D eigenvalue weighted by Crippen LogP contribution is -2.44. The molecule has 3 heterocycles. The van der Waals surface area contributed by atoms with E-state index < -0.39 is 6.43 Å². The van der Waals surface area contributed by atoms with Crippen molar-refractivity contribution >= 4 is 5.91 Å². The van der Waals surface area contributed by atoms with Crippen LogP contribution in [0.4, 0.5) is 8.78 Å². The van der Waals surface area contributed by atoms with Crippen LogP contribution in [0.2, 0.25) is 0 Å². The number of piperidine rings is 1. The molecule has 0 aliphatic carbocycles. The number of H-pyrrole nitrogens is 1. The summed E-state index contributed by atoms with van der Waals surface area (Å²) in [6, 6.07) is 3.10. The maximum absolute atomic E-state index is 12.6. The van der Waals surface area contributed by atoms with Crippen molar-refractivity contribution in [2.24, 2.45) is 0 Å². The quantitative estimate of drug-likeness (QED) is 0.920. The molecule has 23 heavy (non-hydrogen) atoms. The van der Waals surface area contributed by atoms with Crippen LogP contribution in [-0.2, 0) is 6.54 Å². The molecule has 0 saturated carbocycles. The Hall–Kier alpha value is -2.25. The van der Waals surface area contributed by atoms with Crippen LogP contribution in [0.3, 0.4) is 0 Å². The number of halogens is 2. The van der Waals surface area contributed by atoms with Gasteiger partial charge in [-0.05, 0) is 37.8 Å². The molecule has 0 unspecified atom stereocenters. The number of nitrogens with one attached hydrogen (secondary N) is 1. The van der Waals surface area contributed by atoms with Gasteiger partial charge in [0, 0.05) is 31.5 Å². The van der Waals surface area contributed by atoms with E-state index in [1.165, 1.54) is 0 Å². The zero-order chi connectivity index (χ0) is 16.2. The predicted molar refractivity (Wildman–Crippen MR) is 79.1 cm³/mol. The van der Waals surface area contributed by atoms with Crippen LogP contribution >= 0.6 is 0 Å². The van der Waals surface area contributed by atoms with Crippen molar-refractivity contribution in [2.45, 2.75) is 44.7 Å². The summed E-state index contributed by atoms with van der Waals surface area (Å²) in [6.07, 6.45) is 4.66. The second kappa shape index (κ2) is 6.89. The summed E-state index contributed by atoms with van der Waals surface area (Å²) in [5.74, 6) is -0.279. The number of aryl methyl sites for hydroxylation is 1. The number of carbonyl (C=O) groups excluding carboxylic acids is 1. The van der Waals surface area contributed by atoms with Crippen LogP contribution in [0.1, 0.15) is 48.3 Å². The Morgan fingerprint density at radius 3 is 3.00 bits per heavy atom. The molecule has 1 saturated heterocycles. The van der Waals surface area contributed by atoms with Gasteiger partial charge in [-0.3, -0.25) is 14.6 Å². The van der Waals surface area contributed by atoms with Crippen molar-refractivity contribution in [3.05, 3.63) is 35.9 Å². The summed E-state index contributed by atoms with van der Waals surface area (Å²) in [6.45, 7) is 1.36. The normalized spacial score (nSPS) is 18.6. The maximum atomic E-state index is 12.6. The molecular weight excluding hydrogens is 304 g/mol. The number of rotatable bonds is 5. The number of nitrogens with zero attached hydrogens (tertiary/aromatic N) is 4. The van der Waals surface area contributed by atoms with Gasteiger partial charge in [0.15, 0.2) is 5.69 Å². The van der Waals surface area contributed by atoms with Gasteiger partial charge in [0.1, 0.15) is 5.69 Å². The summed E-state index contributed by atoms with van der Waals surface area (Å²) in [4.78, 5) is 14.3. The molecule has 1 aliphatic rings. The first-order valence-corrected chi connectivity index (χ1v) is 7.77. The minimum Gasteiger partial charge on any atom is -0.334 e. The molecular formula is C15H19F2N5O. The lowest BCUT2D eigenvalue weighted by atomic mass is 9.99. The molecule has 1 fully saturated rings. The summed E-state index contributed by atoms with van der Waals surface area (Å²) in [5, 5.41) is 10.1. The fourth-order valence-corrected chi connectivity index (χ4v) is 2.99. The monoisotopic (exact) mass is 323 g/mol. The third-order valence-corrected chi connectivity index (χ3v) is 4.19. The molecule has 124 valence electrons. The van der Waals surface area contributed by atoms with E-state index in [1.807, 2.05) is 16.9 Å². The van der Waals surface area contributed by atoms with E-state index >= 15 is 0 Å². The Morgan fingerprint density at radius 1 is 1.43 bits per heavy atom. The Labute approximate surface area is 132 Å². The third-order valence-electron chi connectivity index (χ3n) is 4.19. The van der Waals surface area contributed by atoms with Crippen LogP contribution in [0.5, 0.6) is 0 Å². The van der Waals surface area contributed by atoms with E-state index in [4.69, 9.17) is 0 Å². The van der Waals surface area contributed by atoms with Crippen LogP contribution < -0.4 is 0 Å². The number of hydrogen-bond donors (Lipinski definition) is 1. The highest BCUT2D eigenvalue weighted by molar-refractivity contribution is 5.92. The molecule has 0 spiro atoms. The van der Waals surface area contributed by atoms with E-state index in [2.05, 4.69) is 15.3 Å². The number of likely N-dealkylation sites (tertiary alicyclic amines) is 1. The highest BCUT2D eigenvalue weighted by Crippen LogP contribution is 2.23. The summed E-state index contributed by atoms with van der Waals surface area (Å²) >= 11 is 0. The maximum Gasteiger partial charge on any atom is 0.279 e. The first kappa shape index (κ1) is 15.6. The van der Waals surface area contributed by atoms with E-state index in [9.17, 15) is 13.6 Å². The van der Waals surface area contributed by atoms with Gasteiger partial charge in [-0.1, -0.05) is 0 Å². The van der Waals surface area contributed by atoms with Crippen LogP contribution in [-0.4, -0.2) is 43.4 Å². The van der Waals surface area contributed by atoms with Crippen molar-refractivity contribution in [2.75, 3.05) is 6.54 Å².